The number of aromatic nitrogens is 3. The second-order valence-electron chi connectivity index (χ2n) is 5.93. The molecule has 0 unspecified atom stereocenters. The Hall–Kier alpha value is -1.97. The molecule has 0 amide bonds. The molecule has 2 aromatic heterocycles. The highest BCUT2D eigenvalue weighted by molar-refractivity contribution is 5.65. The van der Waals surface area contributed by atoms with Gasteiger partial charge in [-0.25, -0.2) is 9.97 Å². The summed E-state index contributed by atoms with van der Waals surface area (Å²) in [5.74, 6) is 1.72. The van der Waals surface area contributed by atoms with Crippen molar-refractivity contribution in [2.75, 3.05) is 11.9 Å². The summed E-state index contributed by atoms with van der Waals surface area (Å²) in [4.78, 5) is 13.5. The van der Waals surface area contributed by atoms with E-state index in [0.29, 0.717) is 0 Å². The molecular formula is C16H22N4. The quantitative estimate of drug-likeness (QED) is 0.926. The Morgan fingerprint density at radius 2 is 1.95 bits per heavy atom. The maximum Gasteiger partial charge on any atom is 0.136 e. The van der Waals surface area contributed by atoms with Gasteiger partial charge in [0, 0.05) is 36.0 Å². The zero-order valence-corrected chi connectivity index (χ0v) is 12.9. The third-order valence-electron chi connectivity index (χ3n) is 3.05. The van der Waals surface area contributed by atoms with Crippen molar-refractivity contribution >= 4 is 5.82 Å². The van der Waals surface area contributed by atoms with Crippen molar-refractivity contribution in [1.29, 1.82) is 0 Å². The molecule has 0 aliphatic heterocycles. The normalized spacial score (nSPS) is 11.4. The molecule has 0 fully saturated rings. The van der Waals surface area contributed by atoms with Crippen LogP contribution in [0.25, 0.3) is 11.3 Å². The van der Waals surface area contributed by atoms with Crippen molar-refractivity contribution in [2.45, 2.75) is 40.0 Å². The van der Waals surface area contributed by atoms with Crippen molar-refractivity contribution in [2.24, 2.45) is 0 Å². The fourth-order valence-electron chi connectivity index (χ4n) is 1.95. The second-order valence-corrected chi connectivity index (χ2v) is 5.93. The van der Waals surface area contributed by atoms with Gasteiger partial charge >= 0.3 is 0 Å². The maximum atomic E-state index is 4.74. The number of hydrogen-bond donors (Lipinski definition) is 1. The maximum absolute atomic E-state index is 4.74. The van der Waals surface area contributed by atoms with Gasteiger partial charge in [0.25, 0.3) is 0 Å². The number of pyridine rings is 1. The van der Waals surface area contributed by atoms with E-state index in [4.69, 9.17) is 4.98 Å². The van der Waals surface area contributed by atoms with E-state index >= 15 is 0 Å². The van der Waals surface area contributed by atoms with E-state index < -0.39 is 0 Å². The highest BCUT2D eigenvalue weighted by Gasteiger charge is 2.19. The number of nitrogens with zero attached hydrogens (tertiary/aromatic N) is 3. The van der Waals surface area contributed by atoms with E-state index in [2.05, 4.69) is 43.0 Å². The van der Waals surface area contributed by atoms with Gasteiger partial charge in [0.2, 0.25) is 0 Å². The Morgan fingerprint density at radius 1 is 1.20 bits per heavy atom. The molecule has 4 heteroatoms. The van der Waals surface area contributed by atoms with E-state index in [1.165, 1.54) is 0 Å². The predicted molar refractivity (Wildman–Crippen MR) is 82.9 cm³/mol. The van der Waals surface area contributed by atoms with Crippen LogP contribution in [-0.2, 0) is 5.41 Å². The van der Waals surface area contributed by atoms with Crippen LogP contribution >= 0.6 is 0 Å². The summed E-state index contributed by atoms with van der Waals surface area (Å²) in [5.41, 5.74) is 3.09. The van der Waals surface area contributed by atoms with Crippen molar-refractivity contribution in [3.63, 3.8) is 0 Å². The number of hydrogen-bond acceptors (Lipinski definition) is 4. The zero-order valence-electron chi connectivity index (χ0n) is 12.9. The summed E-state index contributed by atoms with van der Waals surface area (Å²) in [7, 11) is 0. The molecule has 2 rings (SSSR count). The minimum atomic E-state index is -0.0822. The topological polar surface area (TPSA) is 50.7 Å². The van der Waals surface area contributed by atoms with E-state index in [1.807, 2.05) is 25.3 Å². The first-order valence-electron chi connectivity index (χ1n) is 6.96. The van der Waals surface area contributed by atoms with Gasteiger partial charge in [-0.2, -0.15) is 0 Å². The summed E-state index contributed by atoms with van der Waals surface area (Å²) in [5, 5.41) is 3.28. The Morgan fingerprint density at radius 3 is 2.55 bits per heavy atom. The summed E-state index contributed by atoms with van der Waals surface area (Å²) >= 11 is 0. The van der Waals surface area contributed by atoms with Crippen LogP contribution in [0.1, 0.15) is 39.1 Å². The molecule has 0 aromatic carbocycles. The molecule has 2 heterocycles. The number of anilines is 1. The van der Waals surface area contributed by atoms with Crippen LogP contribution in [0.15, 0.2) is 24.5 Å². The van der Waals surface area contributed by atoms with Crippen molar-refractivity contribution in [3.05, 3.63) is 35.9 Å². The molecule has 0 aliphatic rings. The highest BCUT2D eigenvalue weighted by atomic mass is 15.0. The van der Waals surface area contributed by atoms with Crippen LogP contribution in [0, 0.1) is 6.92 Å². The summed E-state index contributed by atoms with van der Waals surface area (Å²) in [6, 6.07) is 4.00. The van der Waals surface area contributed by atoms with E-state index in [-0.39, 0.29) is 5.41 Å². The third-order valence-corrected chi connectivity index (χ3v) is 3.05. The fourth-order valence-corrected chi connectivity index (χ4v) is 1.95. The average molecular weight is 270 g/mol. The van der Waals surface area contributed by atoms with Gasteiger partial charge in [-0.05, 0) is 25.5 Å². The zero-order chi connectivity index (χ0) is 14.8. The Kier molecular flexibility index (Phi) is 4.02. The molecule has 106 valence electrons. The van der Waals surface area contributed by atoms with Crippen molar-refractivity contribution < 1.29 is 0 Å². The molecule has 0 spiro atoms. The first-order valence-corrected chi connectivity index (χ1v) is 6.96. The minimum Gasteiger partial charge on any atom is -0.370 e. The van der Waals surface area contributed by atoms with Gasteiger partial charge in [-0.15, -0.1) is 0 Å². The van der Waals surface area contributed by atoms with Crippen LogP contribution in [-0.4, -0.2) is 21.5 Å². The van der Waals surface area contributed by atoms with Gasteiger partial charge in [0.15, 0.2) is 0 Å². The largest absolute Gasteiger partial charge is 0.370 e. The molecule has 1 N–H and O–H groups in total. The fraction of sp³-hybridized carbons (Fsp3) is 0.438. The number of rotatable bonds is 3. The van der Waals surface area contributed by atoms with Crippen LogP contribution in [0.3, 0.4) is 0 Å². The van der Waals surface area contributed by atoms with Crippen molar-refractivity contribution in [3.8, 4) is 11.3 Å². The molecule has 4 nitrogen and oxygen atoms in total. The molecule has 0 saturated heterocycles. The van der Waals surface area contributed by atoms with Crippen molar-refractivity contribution in [1.82, 2.24) is 15.0 Å². The van der Waals surface area contributed by atoms with Gasteiger partial charge in [-0.3, -0.25) is 4.98 Å². The average Bonchev–Trinajstić information content (AvgIpc) is 2.38. The lowest BCUT2D eigenvalue weighted by atomic mass is 9.95. The monoisotopic (exact) mass is 270 g/mol. The molecule has 20 heavy (non-hydrogen) atoms. The first kappa shape index (κ1) is 14.4. The van der Waals surface area contributed by atoms with Gasteiger partial charge in [0.05, 0.1) is 5.69 Å². The van der Waals surface area contributed by atoms with Gasteiger partial charge in [0.1, 0.15) is 11.6 Å². The first-order chi connectivity index (χ1) is 9.41. The van der Waals surface area contributed by atoms with E-state index in [0.717, 1.165) is 35.0 Å². The second kappa shape index (κ2) is 5.57. The van der Waals surface area contributed by atoms with Crippen LogP contribution in [0.4, 0.5) is 5.82 Å². The Labute approximate surface area is 120 Å². The molecular weight excluding hydrogens is 248 g/mol. The SMILES string of the molecule is CCNc1cc(-c2ccncc2C)nc(C(C)(C)C)n1. The van der Waals surface area contributed by atoms with Crippen LogP contribution in [0.5, 0.6) is 0 Å². The molecule has 0 atom stereocenters. The van der Waals surface area contributed by atoms with E-state index in [9.17, 15) is 0 Å². The lowest BCUT2D eigenvalue weighted by molar-refractivity contribution is 0.546. The Bertz CT molecular complexity index is 600. The minimum absolute atomic E-state index is 0.0822. The van der Waals surface area contributed by atoms with Gasteiger partial charge in [-0.1, -0.05) is 20.8 Å². The molecule has 0 aliphatic carbocycles. The summed E-state index contributed by atoms with van der Waals surface area (Å²) in [6.45, 7) is 11.3. The summed E-state index contributed by atoms with van der Waals surface area (Å²) in [6.07, 6.45) is 3.66. The smallest absolute Gasteiger partial charge is 0.136 e. The molecule has 2 aromatic rings. The lowest BCUT2D eigenvalue weighted by Crippen LogP contribution is -2.18. The number of nitrogens with one attached hydrogen (secondary N) is 1. The standard InChI is InChI=1S/C16H22N4/c1-6-18-14-9-13(12-7-8-17-10-11(12)2)19-15(20-14)16(3,4)5/h7-10H,6H2,1-5H3,(H,18,19,20). The van der Waals surface area contributed by atoms with Crippen LogP contribution < -0.4 is 5.32 Å². The number of aryl methyl sites for hydroxylation is 1. The Balaban J connectivity index is 2.58. The van der Waals surface area contributed by atoms with E-state index in [1.54, 1.807) is 6.20 Å². The van der Waals surface area contributed by atoms with Gasteiger partial charge < -0.3 is 5.32 Å². The predicted octanol–water partition coefficient (Wildman–Crippen LogP) is 3.58. The highest BCUT2D eigenvalue weighted by Crippen LogP contribution is 2.26. The lowest BCUT2D eigenvalue weighted by Gasteiger charge is -2.19. The molecule has 0 radical (unpaired) electrons. The molecule has 0 bridgehead atoms. The van der Waals surface area contributed by atoms with Crippen LogP contribution in [0.2, 0.25) is 0 Å². The molecule has 0 saturated carbocycles. The third kappa shape index (κ3) is 3.13. The summed E-state index contributed by atoms with van der Waals surface area (Å²) < 4.78 is 0.